The molecular formula is C10H12ClF2NO. The lowest BCUT2D eigenvalue weighted by molar-refractivity contribution is 0.0929. The summed E-state index contributed by atoms with van der Waals surface area (Å²) in [6, 6.07) is -0.344. The maximum atomic E-state index is 13.6. The fourth-order valence-corrected chi connectivity index (χ4v) is 1.40. The molecule has 84 valence electrons. The van der Waals surface area contributed by atoms with Gasteiger partial charge < -0.3 is 4.84 Å². The van der Waals surface area contributed by atoms with Crippen molar-refractivity contribution in [1.29, 1.82) is 0 Å². The Hall–Kier alpha value is -0.710. The van der Waals surface area contributed by atoms with Crippen LogP contribution >= 0.6 is 11.6 Å². The maximum Gasteiger partial charge on any atom is 0.149 e. The van der Waals surface area contributed by atoms with E-state index in [-0.39, 0.29) is 11.6 Å². The summed E-state index contributed by atoms with van der Waals surface area (Å²) in [6.07, 6.45) is 1.68. The third kappa shape index (κ3) is 2.87. The molecule has 1 aliphatic heterocycles. The molecule has 1 saturated heterocycles. The third-order valence-electron chi connectivity index (χ3n) is 2.09. The van der Waals surface area contributed by atoms with E-state index in [9.17, 15) is 8.78 Å². The Bertz CT molecular complexity index is 319. The summed E-state index contributed by atoms with van der Waals surface area (Å²) < 4.78 is 26.5. The number of allylic oxidation sites excluding steroid dienone is 3. The quantitative estimate of drug-likeness (QED) is 0.759. The number of hydroxylamine groups is 1. The van der Waals surface area contributed by atoms with Gasteiger partial charge in [-0.15, -0.1) is 0 Å². The molecule has 0 bridgehead atoms. The number of hydrogen-bond acceptors (Lipinski definition) is 2. The van der Waals surface area contributed by atoms with E-state index in [0.29, 0.717) is 13.0 Å². The molecule has 1 fully saturated rings. The molecule has 0 amide bonds. The van der Waals surface area contributed by atoms with Crippen LogP contribution in [0.5, 0.6) is 0 Å². The van der Waals surface area contributed by atoms with Crippen LogP contribution in [0, 0.1) is 0 Å². The van der Waals surface area contributed by atoms with Crippen molar-refractivity contribution in [2.75, 3.05) is 6.61 Å². The van der Waals surface area contributed by atoms with Crippen LogP contribution in [0.2, 0.25) is 0 Å². The van der Waals surface area contributed by atoms with Gasteiger partial charge in [-0.2, -0.15) is 5.48 Å². The van der Waals surface area contributed by atoms with Gasteiger partial charge in [0.15, 0.2) is 0 Å². The van der Waals surface area contributed by atoms with Crippen molar-refractivity contribution in [3.63, 3.8) is 0 Å². The summed E-state index contributed by atoms with van der Waals surface area (Å²) in [5, 5.41) is -0.545. The van der Waals surface area contributed by atoms with Crippen LogP contribution in [-0.2, 0) is 4.84 Å². The van der Waals surface area contributed by atoms with Gasteiger partial charge in [-0.1, -0.05) is 24.3 Å². The molecule has 0 aromatic carbocycles. The van der Waals surface area contributed by atoms with Crippen LogP contribution in [0.4, 0.5) is 8.78 Å². The normalized spacial score (nSPS) is 24.0. The van der Waals surface area contributed by atoms with Crippen molar-refractivity contribution in [2.24, 2.45) is 0 Å². The lowest BCUT2D eigenvalue weighted by Crippen LogP contribution is -2.22. The highest BCUT2D eigenvalue weighted by Gasteiger charge is 2.23. The molecule has 1 atom stereocenters. The number of nitrogens with one attached hydrogen (secondary N) is 1. The molecule has 5 heteroatoms. The van der Waals surface area contributed by atoms with Crippen LogP contribution in [0.25, 0.3) is 0 Å². The molecule has 0 aromatic heterocycles. The summed E-state index contributed by atoms with van der Waals surface area (Å²) in [6.45, 7) is 5.43. The molecule has 0 aromatic rings. The van der Waals surface area contributed by atoms with E-state index in [2.05, 4.69) is 12.1 Å². The van der Waals surface area contributed by atoms with E-state index in [1.54, 1.807) is 0 Å². The molecule has 1 aliphatic rings. The average molecular weight is 236 g/mol. The first-order valence-electron chi connectivity index (χ1n) is 4.51. The summed E-state index contributed by atoms with van der Waals surface area (Å²) >= 11 is 5.49. The topological polar surface area (TPSA) is 21.3 Å². The second kappa shape index (κ2) is 5.39. The largest absolute Gasteiger partial charge is 0.301 e. The van der Waals surface area contributed by atoms with Crippen molar-refractivity contribution in [3.05, 3.63) is 34.9 Å². The minimum Gasteiger partial charge on any atom is -0.301 e. The summed E-state index contributed by atoms with van der Waals surface area (Å²) in [4.78, 5) is 4.84. The average Bonchev–Trinajstić information content (AvgIpc) is 2.78. The summed E-state index contributed by atoms with van der Waals surface area (Å²) in [7, 11) is 0. The smallest absolute Gasteiger partial charge is 0.149 e. The van der Waals surface area contributed by atoms with Crippen LogP contribution in [0.1, 0.15) is 13.3 Å². The highest BCUT2D eigenvalue weighted by molar-refractivity contribution is 6.32. The van der Waals surface area contributed by atoms with Crippen molar-refractivity contribution in [3.8, 4) is 0 Å². The van der Waals surface area contributed by atoms with E-state index in [1.165, 1.54) is 6.92 Å². The van der Waals surface area contributed by atoms with Gasteiger partial charge in [0.25, 0.3) is 0 Å². The Morgan fingerprint density at radius 2 is 2.27 bits per heavy atom. The predicted octanol–water partition coefficient (Wildman–Crippen LogP) is 3.13. The van der Waals surface area contributed by atoms with Gasteiger partial charge in [-0.05, 0) is 13.3 Å². The van der Waals surface area contributed by atoms with Crippen LogP contribution in [0.3, 0.4) is 0 Å². The lowest BCUT2D eigenvalue weighted by Gasteiger charge is -2.11. The Labute approximate surface area is 92.2 Å². The van der Waals surface area contributed by atoms with Gasteiger partial charge >= 0.3 is 0 Å². The fourth-order valence-electron chi connectivity index (χ4n) is 1.17. The Kier molecular flexibility index (Phi) is 4.45. The number of halogens is 3. The number of hydrogen-bond donors (Lipinski definition) is 1. The molecule has 1 N–H and O–H groups in total. The van der Waals surface area contributed by atoms with E-state index in [0.717, 1.165) is 6.08 Å². The maximum absolute atomic E-state index is 13.6. The van der Waals surface area contributed by atoms with Gasteiger partial charge in [0.2, 0.25) is 0 Å². The van der Waals surface area contributed by atoms with Crippen molar-refractivity contribution < 1.29 is 13.6 Å². The first kappa shape index (κ1) is 12.4. The summed E-state index contributed by atoms with van der Waals surface area (Å²) in [5.74, 6) is -1.63. The van der Waals surface area contributed by atoms with Crippen molar-refractivity contribution in [1.82, 2.24) is 5.48 Å². The van der Waals surface area contributed by atoms with E-state index in [4.69, 9.17) is 16.4 Å². The Morgan fingerprint density at radius 3 is 2.73 bits per heavy atom. The van der Waals surface area contributed by atoms with E-state index in [1.807, 2.05) is 0 Å². The third-order valence-corrected chi connectivity index (χ3v) is 2.44. The highest BCUT2D eigenvalue weighted by Crippen LogP contribution is 2.28. The molecule has 0 spiro atoms. The number of rotatable bonds is 3. The SMILES string of the molecule is C=C(/C(F)=C(Cl)\C(F)=C/C)[C@H]1CCON1. The van der Waals surface area contributed by atoms with E-state index >= 15 is 0 Å². The molecule has 0 unspecified atom stereocenters. The standard InChI is InChI=1S/C10H12ClF2NO/c1-3-7(12)9(11)10(13)6(2)8-4-5-15-14-8/h3,8,14H,2,4-5H2,1H3/b7-3+,10-9-/t8-/m1/s1. The monoisotopic (exact) mass is 235 g/mol. The fraction of sp³-hybridized carbons (Fsp3) is 0.400. The second-order valence-corrected chi connectivity index (χ2v) is 3.48. The molecule has 1 heterocycles. The minimum atomic E-state index is -0.838. The van der Waals surface area contributed by atoms with Gasteiger partial charge in [0.05, 0.1) is 12.6 Å². The molecule has 1 rings (SSSR count). The molecule has 2 nitrogen and oxygen atoms in total. The first-order valence-corrected chi connectivity index (χ1v) is 4.89. The van der Waals surface area contributed by atoms with Gasteiger partial charge in [-0.25, -0.2) is 8.78 Å². The van der Waals surface area contributed by atoms with E-state index < -0.39 is 16.7 Å². The molecule has 15 heavy (non-hydrogen) atoms. The predicted molar refractivity (Wildman–Crippen MR) is 55.5 cm³/mol. The van der Waals surface area contributed by atoms with Crippen molar-refractivity contribution >= 4 is 11.6 Å². The lowest BCUT2D eigenvalue weighted by atomic mass is 10.1. The Morgan fingerprint density at radius 1 is 1.60 bits per heavy atom. The summed E-state index contributed by atoms with van der Waals surface area (Å²) in [5.41, 5.74) is 2.68. The van der Waals surface area contributed by atoms with Crippen LogP contribution < -0.4 is 5.48 Å². The molecule has 0 aliphatic carbocycles. The van der Waals surface area contributed by atoms with Crippen LogP contribution in [-0.4, -0.2) is 12.6 Å². The zero-order valence-electron chi connectivity index (χ0n) is 8.32. The molecule has 0 saturated carbocycles. The molecule has 0 radical (unpaired) electrons. The van der Waals surface area contributed by atoms with Gasteiger partial charge in [0, 0.05) is 5.57 Å². The van der Waals surface area contributed by atoms with Crippen molar-refractivity contribution in [2.45, 2.75) is 19.4 Å². The Balaban J connectivity index is 2.82. The van der Waals surface area contributed by atoms with Crippen LogP contribution in [0.15, 0.2) is 34.9 Å². The zero-order valence-corrected chi connectivity index (χ0v) is 9.07. The minimum absolute atomic E-state index is 0.106. The highest BCUT2D eigenvalue weighted by atomic mass is 35.5. The van der Waals surface area contributed by atoms with Gasteiger partial charge in [0.1, 0.15) is 16.7 Å². The molecular weight excluding hydrogens is 224 g/mol. The first-order chi connectivity index (χ1) is 7.07. The zero-order chi connectivity index (χ0) is 11.4. The van der Waals surface area contributed by atoms with Gasteiger partial charge in [-0.3, -0.25) is 0 Å². The second-order valence-electron chi connectivity index (χ2n) is 3.10.